The van der Waals surface area contributed by atoms with Crippen LogP contribution in [0.15, 0.2) is 0 Å². The zero-order chi connectivity index (χ0) is 8.72. The molecule has 2 heterocycles. The van der Waals surface area contributed by atoms with Crippen molar-refractivity contribution in [3.05, 3.63) is 0 Å². The van der Waals surface area contributed by atoms with Crippen LogP contribution in [0, 0.1) is 5.92 Å². The van der Waals surface area contributed by atoms with Crippen molar-refractivity contribution in [3.8, 4) is 0 Å². The van der Waals surface area contributed by atoms with Gasteiger partial charge < -0.3 is 9.83 Å². The lowest BCUT2D eigenvalue weighted by Gasteiger charge is -2.44. The van der Waals surface area contributed by atoms with Crippen molar-refractivity contribution in [1.29, 1.82) is 0 Å². The molecule has 66 valence electrons. The molecule has 0 amide bonds. The largest absolute Gasteiger partial charge is 0.437 e. The maximum Gasteiger partial charge on any atom is 0.376 e. The van der Waals surface area contributed by atoms with Gasteiger partial charge in [0.25, 0.3) is 0 Å². The lowest BCUT2D eigenvalue weighted by atomic mass is 9.71. The SMILES string of the molecule is CB(O)N1CC2CC[C@@H]1CC2=O. The Kier molecular flexibility index (Phi) is 1.97. The average molecular weight is 167 g/mol. The molecule has 0 aromatic carbocycles. The van der Waals surface area contributed by atoms with Gasteiger partial charge in [-0.15, -0.1) is 0 Å². The summed E-state index contributed by atoms with van der Waals surface area (Å²) in [4.78, 5) is 13.4. The van der Waals surface area contributed by atoms with E-state index in [1.165, 1.54) is 0 Å². The third-order valence-corrected chi connectivity index (χ3v) is 3.12. The molecule has 1 unspecified atom stereocenters. The molecule has 1 aliphatic carbocycles. The molecule has 2 saturated heterocycles. The summed E-state index contributed by atoms with van der Waals surface area (Å²) in [6.45, 7) is 2.56. The quantitative estimate of drug-likeness (QED) is 0.565. The molecule has 12 heavy (non-hydrogen) atoms. The number of carbonyl (C=O) groups excluding carboxylic acids is 1. The van der Waals surface area contributed by atoms with Crippen LogP contribution in [0.2, 0.25) is 6.82 Å². The minimum absolute atomic E-state index is 0.213. The molecule has 3 aliphatic rings. The molecule has 3 nitrogen and oxygen atoms in total. The second-order valence-corrected chi connectivity index (χ2v) is 3.93. The summed E-state index contributed by atoms with van der Waals surface area (Å²) in [5.74, 6) is 0.618. The van der Waals surface area contributed by atoms with Gasteiger partial charge in [0, 0.05) is 18.4 Å². The van der Waals surface area contributed by atoms with Gasteiger partial charge >= 0.3 is 7.05 Å². The van der Waals surface area contributed by atoms with Gasteiger partial charge in [0.2, 0.25) is 0 Å². The fourth-order valence-electron chi connectivity index (χ4n) is 2.39. The molecule has 0 spiro atoms. The number of nitrogens with zero attached hydrogens (tertiary/aromatic N) is 1. The van der Waals surface area contributed by atoms with E-state index in [4.69, 9.17) is 0 Å². The molecular weight excluding hydrogens is 153 g/mol. The van der Waals surface area contributed by atoms with E-state index >= 15 is 0 Å². The summed E-state index contributed by atoms with van der Waals surface area (Å²) in [7, 11) is -0.383. The zero-order valence-corrected chi connectivity index (χ0v) is 7.36. The van der Waals surface area contributed by atoms with Crippen molar-refractivity contribution in [3.63, 3.8) is 0 Å². The Morgan fingerprint density at radius 1 is 1.58 bits per heavy atom. The van der Waals surface area contributed by atoms with E-state index in [1.807, 2.05) is 0 Å². The smallest absolute Gasteiger partial charge is 0.376 e. The number of carbonyl (C=O) groups is 1. The fourth-order valence-corrected chi connectivity index (χ4v) is 2.39. The van der Waals surface area contributed by atoms with Gasteiger partial charge in [-0.2, -0.15) is 0 Å². The molecule has 1 N–H and O–H groups in total. The van der Waals surface area contributed by atoms with E-state index in [2.05, 4.69) is 4.81 Å². The summed E-state index contributed by atoms with van der Waals surface area (Å²) in [6, 6.07) is 0.322. The lowest BCUT2D eigenvalue weighted by molar-refractivity contribution is -0.130. The van der Waals surface area contributed by atoms with E-state index in [0.29, 0.717) is 18.2 Å². The topological polar surface area (TPSA) is 40.5 Å². The van der Waals surface area contributed by atoms with Crippen LogP contribution in [-0.4, -0.2) is 35.3 Å². The molecule has 0 aromatic rings. The Hall–Kier alpha value is -0.345. The average Bonchev–Trinajstić information content (AvgIpc) is 2.04. The van der Waals surface area contributed by atoms with Gasteiger partial charge in [0.1, 0.15) is 5.78 Å². The highest BCUT2D eigenvalue weighted by molar-refractivity contribution is 6.45. The molecule has 0 radical (unpaired) electrons. The van der Waals surface area contributed by atoms with Crippen molar-refractivity contribution in [2.24, 2.45) is 5.92 Å². The third-order valence-electron chi connectivity index (χ3n) is 3.12. The van der Waals surface area contributed by atoms with E-state index < -0.39 is 0 Å². The monoisotopic (exact) mass is 167 g/mol. The Morgan fingerprint density at radius 3 is 2.75 bits per heavy atom. The molecule has 2 aliphatic heterocycles. The number of hydrogen-bond donors (Lipinski definition) is 1. The number of hydrogen-bond acceptors (Lipinski definition) is 3. The van der Waals surface area contributed by atoms with E-state index in [0.717, 1.165) is 19.4 Å². The van der Waals surface area contributed by atoms with Gasteiger partial charge in [-0.05, 0) is 26.2 Å². The number of rotatable bonds is 1. The number of ketones is 1. The molecule has 2 atom stereocenters. The predicted octanol–water partition coefficient (Wildman–Crippen LogP) is 0.150. The van der Waals surface area contributed by atoms with Gasteiger partial charge in [0.15, 0.2) is 0 Å². The van der Waals surface area contributed by atoms with Crippen molar-refractivity contribution >= 4 is 12.8 Å². The minimum Gasteiger partial charge on any atom is -0.437 e. The molecule has 1 saturated carbocycles. The fraction of sp³-hybridized carbons (Fsp3) is 0.875. The van der Waals surface area contributed by atoms with Crippen LogP contribution in [0.5, 0.6) is 0 Å². The summed E-state index contributed by atoms with van der Waals surface area (Å²) in [6.07, 6.45) is 2.78. The van der Waals surface area contributed by atoms with Crippen LogP contribution >= 0.6 is 0 Å². The highest BCUT2D eigenvalue weighted by Crippen LogP contribution is 2.32. The zero-order valence-electron chi connectivity index (χ0n) is 7.36. The molecule has 0 aromatic heterocycles. The Labute approximate surface area is 72.9 Å². The highest BCUT2D eigenvalue weighted by atomic mass is 16.2. The second-order valence-electron chi connectivity index (χ2n) is 3.93. The van der Waals surface area contributed by atoms with Crippen LogP contribution in [0.3, 0.4) is 0 Å². The maximum atomic E-state index is 11.3. The molecular formula is C8H14BNO2. The van der Waals surface area contributed by atoms with Gasteiger partial charge in [-0.1, -0.05) is 0 Å². The van der Waals surface area contributed by atoms with Crippen molar-refractivity contribution in [1.82, 2.24) is 4.81 Å². The first-order valence-electron chi connectivity index (χ1n) is 4.65. The van der Waals surface area contributed by atoms with Gasteiger partial charge in [-0.3, -0.25) is 4.79 Å². The first-order valence-corrected chi connectivity index (χ1v) is 4.65. The number of fused-ring (bicyclic) bond motifs is 3. The first kappa shape index (κ1) is 8.26. The minimum atomic E-state index is -0.383. The normalized spacial score (nSPS) is 35.7. The summed E-state index contributed by atoms with van der Waals surface area (Å²) >= 11 is 0. The molecule has 3 rings (SSSR count). The Bertz CT molecular complexity index is 207. The summed E-state index contributed by atoms with van der Waals surface area (Å²) in [5.41, 5.74) is 0. The van der Waals surface area contributed by atoms with Crippen molar-refractivity contribution in [2.45, 2.75) is 32.1 Å². The van der Waals surface area contributed by atoms with E-state index in [1.54, 1.807) is 6.82 Å². The standard InChI is InChI=1S/C8H14BNO2/c1-9(12)10-5-6-2-3-7(10)4-8(6)11/h6-7,12H,2-5H2,1H3/t6?,7-/m1/s1. The molecule has 3 fully saturated rings. The van der Waals surface area contributed by atoms with Crippen molar-refractivity contribution in [2.75, 3.05) is 6.54 Å². The first-order chi connectivity index (χ1) is 5.68. The number of Topliss-reactive ketones (excluding diaryl/α,β-unsaturated/α-hetero) is 1. The third kappa shape index (κ3) is 1.19. The maximum absolute atomic E-state index is 11.3. The lowest BCUT2D eigenvalue weighted by Crippen LogP contribution is -2.57. The number of piperidine rings is 2. The van der Waals surface area contributed by atoms with Crippen LogP contribution in [0.25, 0.3) is 0 Å². The van der Waals surface area contributed by atoms with Crippen LogP contribution < -0.4 is 0 Å². The Morgan fingerprint density at radius 2 is 2.33 bits per heavy atom. The summed E-state index contributed by atoms with van der Waals surface area (Å²) in [5, 5.41) is 9.40. The van der Waals surface area contributed by atoms with Crippen molar-refractivity contribution < 1.29 is 9.82 Å². The molecule has 4 heteroatoms. The van der Waals surface area contributed by atoms with Crippen LogP contribution in [0.4, 0.5) is 0 Å². The van der Waals surface area contributed by atoms with E-state index in [-0.39, 0.29) is 13.0 Å². The van der Waals surface area contributed by atoms with Crippen LogP contribution in [-0.2, 0) is 4.79 Å². The predicted molar refractivity (Wildman–Crippen MR) is 46.7 cm³/mol. The Balaban J connectivity index is 2.10. The summed E-state index contributed by atoms with van der Waals surface area (Å²) < 4.78 is 0. The van der Waals surface area contributed by atoms with Crippen LogP contribution in [0.1, 0.15) is 19.3 Å². The highest BCUT2D eigenvalue weighted by Gasteiger charge is 2.41. The van der Waals surface area contributed by atoms with Gasteiger partial charge in [0.05, 0.1) is 0 Å². The molecule has 2 bridgehead atoms. The second kappa shape index (κ2) is 2.85. The van der Waals surface area contributed by atoms with Gasteiger partial charge in [-0.25, -0.2) is 0 Å². The van der Waals surface area contributed by atoms with E-state index in [9.17, 15) is 9.82 Å².